The Bertz CT molecular complexity index is 1190. The third kappa shape index (κ3) is 4.50. The van der Waals surface area contributed by atoms with Gasteiger partial charge in [-0.3, -0.25) is 9.78 Å². The summed E-state index contributed by atoms with van der Waals surface area (Å²) in [4.78, 5) is 23.5. The SMILES string of the molecule is Cc1cc(-c2[nH]c3ccc([C@@H]4C[C@H]4C(=O)NC4CCN(C(C)C)CC4)cc3c2C(C)C)ccn1. The Kier molecular flexibility index (Phi) is 6.24. The van der Waals surface area contributed by atoms with Crippen LogP contribution in [0, 0.1) is 12.8 Å². The molecule has 1 aliphatic carbocycles. The van der Waals surface area contributed by atoms with Crippen LogP contribution in [0.3, 0.4) is 0 Å². The average Bonchev–Trinajstić information content (AvgIpc) is 3.52. The van der Waals surface area contributed by atoms with Crippen molar-refractivity contribution < 1.29 is 4.79 Å². The van der Waals surface area contributed by atoms with Crippen LogP contribution in [0.5, 0.6) is 0 Å². The van der Waals surface area contributed by atoms with E-state index in [1.165, 1.54) is 27.8 Å². The number of aromatic nitrogens is 2. The van der Waals surface area contributed by atoms with Crippen molar-refractivity contribution in [1.29, 1.82) is 0 Å². The molecule has 2 aliphatic rings. The van der Waals surface area contributed by atoms with Crippen LogP contribution in [0.2, 0.25) is 0 Å². The maximum atomic E-state index is 13.0. The first-order valence-electron chi connectivity index (χ1n) is 12.9. The summed E-state index contributed by atoms with van der Waals surface area (Å²) in [6.45, 7) is 13.2. The van der Waals surface area contributed by atoms with E-state index in [-0.39, 0.29) is 11.8 Å². The second-order valence-electron chi connectivity index (χ2n) is 10.9. The summed E-state index contributed by atoms with van der Waals surface area (Å²) < 4.78 is 0. The lowest BCUT2D eigenvalue weighted by Crippen LogP contribution is -2.47. The summed E-state index contributed by atoms with van der Waals surface area (Å²) in [5, 5.41) is 4.64. The van der Waals surface area contributed by atoms with Crippen LogP contribution in [-0.2, 0) is 4.79 Å². The van der Waals surface area contributed by atoms with Gasteiger partial charge in [0.1, 0.15) is 0 Å². The van der Waals surface area contributed by atoms with Crippen LogP contribution in [0.15, 0.2) is 36.5 Å². The first kappa shape index (κ1) is 23.1. The van der Waals surface area contributed by atoms with E-state index in [9.17, 15) is 4.79 Å². The monoisotopic (exact) mass is 458 g/mol. The molecule has 2 atom stereocenters. The number of pyridine rings is 1. The number of hydrogen-bond acceptors (Lipinski definition) is 3. The van der Waals surface area contributed by atoms with Crippen LogP contribution in [0.25, 0.3) is 22.2 Å². The molecule has 3 heterocycles. The first-order valence-corrected chi connectivity index (χ1v) is 12.9. The Morgan fingerprint density at radius 1 is 1.12 bits per heavy atom. The van der Waals surface area contributed by atoms with Gasteiger partial charge in [-0.25, -0.2) is 0 Å². The standard InChI is InChI=1S/C29H38N4O/c1-17(2)27-25-15-20(6-7-26(25)32-28(27)21-8-11-30-19(5)14-21)23-16-24(23)29(34)31-22-9-12-33(13-10-22)18(3)4/h6-8,11,14-15,17-18,22-24,32H,9-10,12-13,16H2,1-5H3,(H,31,34)/t23-,24+/m0/s1. The number of nitrogens with one attached hydrogen (secondary N) is 2. The molecule has 1 aliphatic heterocycles. The van der Waals surface area contributed by atoms with Crippen molar-refractivity contribution in [3.8, 4) is 11.3 Å². The third-order valence-corrected chi connectivity index (χ3v) is 7.79. The Morgan fingerprint density at radius 3 is 2.56 bits per heavy atom. The molecule has 3 aromatic rings. The highest BCUT2D eigenvalue weighted by Gasteiger charge is 2.44. The average molecular weight is 459 g/mol. The highest BCUT2D eigenvalue weighted by molar-refractivity contribution is 5.92. The Hall–Kier alpha value is -2.66. The van der Waals surface area contributed by atoms with Crippen molar-refractivity contribution in [2.45, 2.75) is 77.8 Å². The number of likely N-dealkylation sites (tertiary alicyclic amines) is 1. The van der Waals surface area contributed by atoms with E-state index in [4.69, 9.17) is 0 Å². The molecule has 180 valence electrons. The fourth-order valence-electron chi connectivity index (χ4n) is 5.71. The van der Waals surface area contributed by atoms with Crippen molar-refractivity contribution in [2.75, 3.05) is 13.1 Å². The van der Waals surface area contributed by atoms with Gasteiger partial charge in [0.2, 0.25) is 5.91 Å². The number of carbonyl (C=O) groups excluding carboxylic acids is 1. The van der Waals surface area contributed by atoms with E-state index in [2.05, 4.69) is 78.2 Å². The number of fused-ring (bicyclic) bond motifs is 1. The predicted octanol–water partition coefficient (Wildman–Crippen LogP) is 5.75. The second-order valence-corrected chi connectivity index (χ2v) is 10.9. The fourth-order valence-corrected chi connectivity index (χ4v) is 5.71. The van der Waals surface area contributed by atoms with Crippen molar-refractivity contribution in [1.82, 2.24) is 20.2 Å². The summed E-state index contributed by atoms with van der Waals surface area (Å²) >= 11 is 0. The molecule has 0 bridgehead atoms. The van der Waals surface area contributed by atoms with Gasteiger partial charge in [-0.05, 0) is 87.3 Å². The second kappa shape index (κ2) is 9.18. The van der Waals surface area contributed by atoms with Crippen LogP contribution in [-0.4, -0.2) is 45.9 Å². The summed E-state index contributed by atoms with van der Waals surface area (Å²) in [6.07, 6.45) is 4.96. The molecule has 2 aromatic heterocycles. The van der Waals surface area contributed by atoms with Gasteiger partial charge in [-0.1, -0.05) is 19.9 Å². The molecule has 2 N–H and O–H groups in total. The molecule has 5 rings (SSSR count). The topological polar surface area (TPSA) is 61.0 Å². The number of aryl methyl sites for hydroxylation is 1. The minimum absolute atomic E-state index is 0.115. The minimum Gasteiger partial charge on any atom is -0.354 e. The number of H-pyrrole nitrogens is 1. The zero-order valence-corrected chi connectivity index (χ0v) is 21.2. The first-order chi connectivity index (χ1) is 16.3. The summed E-state index contributed by atoms with van der Waals surface area (Å²) in [7, 11) is 0. The largest absolute Gasteiger partial charge is 0.354 e. The van der Waals surface area contributed by atoms with Crippen LogP contribution < -0.4 is 5.32 Å². The Balaban J connectivity index is 1.32. The van der Waals surface area contributed by atoms with Gasteiger partial charge in [0.05, 0.1) is 5.69 Å². The predicted molar refractivity (Wildman–Crippen MR) is 139 cm³/mol. The van der Waals surface area contributed by atoms with Gasteiger partial charge in [0.25, 0.3) is 0 Å². The Morgan fingerprint density at radius 2 is 1.88 bits per heavy atom. The van der Waals surface area contributed by atoms with Crippen LogP contribution >= 0.6 is 0 Å². The zero-order valence-electron chi connectivity index (χ0n) is 21.2. The summed E-state index contributed by atoms with van der Waals surface area (Å²) in [5.74, 6) is 1.09. The molecule has 2 fully saturated rings. The molecule has 1 saturated carbocycles. The van der Waals surface area contributed by atoms with Gasteiger partial charge in [-0.2, -0.15) is 0 Å². The molecular weight excluding hydrogens is 420 g/mol. The number of benzene rings is 1. The normalized spacial score (nSPS) is 21.5. The smallest absolute Gasteiger partial charge is 0.223 e. The lowest BCUT2D eigenvalue weighted by atomic mass is 9.94. The van der Waals surface area contributed by atoms with E-state index >= 15 is 0 Å². The van der Waals surface area contributed by atoms with Crippen LogP contribution in [0.1, 0.15) is 75.6 Å². The number of piperidine rings is 1. The minimum atomic E-state index is 0.115. The number of rotatable bonds is 6. The van der Waals surface area contributed by atoms with Crippen LogP contribution in [0.4, 0.5) is 0 Å². The zero-order chi connectivity index (χ0) is 24.0. The Labute approximate surface area is 203 Å². The molecule has 34 heavy (non-hydrogen) atoms. The quantitative estimate of drug-likeness (QED) is 0.494. The van der Waals surface area contributed by atoms with Gasteiger partial charge in [0, 0.05) is 59.4 Å². The summed E-state index contributed by atoms with van der Waals surface area (Å²) in [5.41, 5.74) is 7.19. The third-order valence-electron chi connectivity index (χ3n) is 7.79. The fraction of sp³-hybridized carbons (Fsp3) is 0.517. The highest BCUT2D eigenvalue weighted by atomic mass is 16.2. The lowest BCUT2D eigenvalue weighted by Gasteiger charge is -2.34. The number of amides is 1. The number of nitrogens with zero attached hydrogens (tertiary/aromatic N) is 2. The molecular formula is C29H38N4O. The maximum Gasteiger partial charge on any atom is 0.223 e. The van der Waals surface area contributed by atoms with Crippen molar-refractivity contribution in [3.63, 3.8) is 0 Å². The number of hydrogen-bond donors (Lipinski definition) is 2. The van der Waals surface area contributed by atoms with Gasteiger partial charge >= 0.3 is 0 Å². The van der Waals surface area contributed by atoms with E-state index in [0.29, 0.717) is 23.9 Å². The lowest BCUT2D eigenvalue weighted by molar-refractivity contribution is -0.123. The number of aromatic amines is 1. The molecule has 0 radical (unpaired) electrons. The molecule has 0 spiro atoms. The van der Waals surface area contributed by atoms with E-state index in [1.54, 1.807) is 0 Å². The maximum absolute atomic E-state index is 13.0. The van der Waals surface area contributed by atoms with Crippen molar-refractivity contribution >= 4 is 16.8 Å². The summed E-state index contributed by atoms with van der Waals surface area (Å²) in [6, 6.07) is 11.9. The highest BCUT2D eigenvalue weighted by Crippen LogP contribution is 2.49. The van der Waals surface area contributed by atoms with Gasteiger partial charge in [0.15, 0.2) is 0 Å². The molecule has 0 unspecified atom stereocenters. The number of carbonyl (C=O) groups is 1. The van der Waals surface area contributed by atoms with Gasteiger partial charge in [-0.15, -0.1) is 0 Å². The molecule has 1 amide bonds. The molecule has 1 saturated heterocycles. The molecule has 5 heteroatoms. The van der Waals surface area contributed by atoms with E-state index in [1.807, 2.05) is 13.1 Å². The van der Waals surface area contributed by atoms with E-state index < -0.39 is 0 Å². The molecule has 1 aromatic carbocycles. The van der Waals surface area contributed by atoms with E-state index in [0.717, 1.165) is 43.6 Å². The molecule has 5 nitrogen and oxygen atoms in total. The van der Waals surface area contributed by atoms with Gasteiger partial charge < -0.3 is 15.2 Å². The van der Waals surface area contributed by atoms with Crippen molar-refractivity contribution in [3.05, 3.63) is 53.3 Å². The van der Waals surface area contributed by atoms with Crippen molar-refractivity contribution in [2.24, 2.45) is 5.92 Å².